The lowest BCUT2D eigenvalue weighted by Gasteiger charge is -2.12. The van der Waals surface area contributed by atoms with Crippen molar-refractivity contribution in [3.8, 4) is 5.69 Å². The lowest BCUT2D eigenvalue weighted by atomic mass is 10.1. The van der Waals surface area contributed by atoms with Crippen molar-refractivity contribution in [3.05, 3.63) is 80.6 Å². The van der Waals surface area contributed by atoms with Crippen molar-refractivity contribution in [3.63, 3.8) is 0 Å². The van der Waals surface area contributed by atoms with Crippen LogP contribution < -0.4 is 0 Å². The molecule has 1 aromatic heterocycles. The van der Waals surface area contributed by atoms with Crippen molar-refractivity contribution in [2.45, 2.75) is 20.8 Å². The summed E-state index contributed by atoms with van der Waals surface area (Å²) in [6.07, 6.45) is 1.75. The Bertz CT molecular complexity index is 1130. The molecule has 6 nitrogen and oxygen atoms in total. The number of aromatic nitrogens is 1. The first kappa shape index (κ1) is 20.5. The molecule has 0 saturated heterocycles. The molecule has 0 amide bonds. The molecule has 2 aromatic carbocycles. The van der Waals surface area contributed by atoms with Gasteiger partial charge in [-0.25, -0.2) is 9.59 Å². The Morgan fingerprint density at radius 3 is 2.14 bits per heavy atom. The number of carboxylic acid groups (broad SMARTS) is 2. The van der Waals surface area contributed by atoms with Gasteiger partial charge in [0.05, 0.1) is 16.8 Å². The van der Waals surface area contributed by atoms with Crippen molar-refractivity contribution in [1.82, 2.24) is 4.57 Å². The molecular formula is C22H19BrN2O4. The summed E-state index contributed by atoms with van der Waals surface area (Å²) in [6.45, 7) is 5.75. The maximum Gasteiger partial charge on any atom is 0.335 e. The van der Waals surface area contributed by atoms with Crippen LogP contribution in [0.4, 0.5) is 5.69 Å². The quantitative estimate of drug-likeness (QED) is 0.510. The van der Waals surface area contributed by atoms with Crippen molar-refractivity contribution < 1.29 is 19.8 Å². The van der Waals surface area contributed by atoms with Gasteiger partial charge in [0.25, 0.3) is 0 Å². The van der Waals surface area contributed by atoms with Gasteiger partial charge in [-0.3, -0.25) is 4.99 Å². The van der Waals surface area contributed by atoms with Gasteiger partial charge in [0, 0.05) is 33.3 Å². The van der Waals surface area contributed by atoms with Crippen LogP contribution in [0.5, 0.6) is 0 Å². The van der Waals surface area contributed by atoms with Crippen LogP contribution in [0, 0.1) is 20.8 Å². The van der Waals surface area contributed by atoms with E-state index in [9.17, 15) is 19.8 Å². The monoisotopic (exact) mass is 454 g/mol. The molecule has 0 saturated carbocycles. The van der Waals surface area contributed by atoms with E-state index < -0.39 is 11.9 Å². The molecule has 0 fully saturated rings. The average molecular weight is 455 g/mol. The van der Waals surface area contributed by atoms with Gasteiger partial charge in [-0.15, -0.1) is 0 Å². The van der Waals surface area contributed by atoms with E-state index in [1.165, 1.54) is 12.1 Å². The number of rotatable bonds is 5. The molecule has 0 bridgehead atoms. The highest BCUT2D eigenvalue weighted by Crippen LogP contribution is 2.25. The lowest BCUT2D eigenvalue weighted by Crippen LogP contribution is -2.07. The molecule has 2 N–H and O–H groups in total. The number of halogens is 1. The summed E-state index contributed by atoms with van der Waals surface area (Å²) in [7, 11) is 0. The smallest absolute Gasteiger partial charge is 0.335 e. The normalized spacial score (nSPS) is 11.2. The van der Waals surface area contributed by atoms with E-state index in [0.717, 1.165) is 38.7 Å². The molecule has 0 aliphatic heterocycles. The highest BCUT2D eigenvalue weighted by molar-refractivity contribution is 9.10. The molecule has 0 radical (unpaired) electrons. The van der Waals surface area contributed by atoms with E-state index in [4.69, 9.17) is 0 Å². The number of hydrogen-bond donors (Lipinski definition) is 2. The summed E-state index contributed by atoms with van der Waals surface area (Å²) in [6, 6.07) is 11.8. The Balaban J connectivity index is 2.06. The third-order valence-corrected chi connectivity index (χ3v) is 5.52. The SMILES string of the molecule is Cc1cc(N=Cc2cc(C)n(-c3cc(C(=O)O)cc(C(=O)O)c3)c2C)ccc1Br. The summed E-state index contributed by atoms with van der Waals surface area (Å²) in [5.41, 5.74) is 4.76. The molecule has 0 spiro atoms. The third kappa shape index (κ3) is 4.30. The molecule has 0 aliphatic carbocycles. The fourth-order valence-electron chi connectivity index (χ4n) is 3.16. The summed E-state index contributed by atoms with van der Waals surface area (Å²) >= 11 is 3.47. The first-order valence-electron chi connectivity index (χ1n) is 8.78. The lowest BCUT2D eigenvalue weighted by molar-refractivity contribution is 0.0696. The van der Waals surface area contributed by atoms with Gasteiger partial charge in [0.2, 0.25) is 0 Å². The van der Waals surface area contributed by atoms with Crippen molar-refractivity contribution in [2.24, 2.45) is 4.99 Å². The fraction of sp³-hybridized carbons (Fsp3) is 0.136. The van der Waals surface area contributed by atoms with Crippen LogP contribution in [-0.2, 0) is 0 Å². The molecule has 0 unspecified atom stereocenters. The predicted molar refractivity (Wildman–Crippen MR) is 115 cm³/mol. The Hall–Kier alpha value is -3.19. The summed E-state index contributed by atoms with van der Waals surface area (Å²) in [4.78, 5) is 27.4. The number of benzene rings is 2. The average Bonchev–Trinajstić information content (AvgIpc) is 2.95. The minimum atomic E-state index is -1.18. The fourth-order valence-corrected chi connectivity index (χ4v) is 3.40. The van der Waals surface area contributed by atoms with E-state index in [2.05, 4.69) is 20.9 Å². The van der Waals surface area contributed by atoms with Crippen molar-refractivity contribution in [2.75, 3.05) is 0 Å². The van der Waals surface area contributed by atoms with Gasteiger partial charge in [0.15, 0.2) is 0 Å². The number of carboxylic acids is 2. The van der Waals surface area contributed by atoms with Gasteiger partial charge < -0.3 is 14.8 Å². The number of nitrogens with zero attached hydrogens (tertiary/aromatic N) is 2. The van der Waals surface area contributed by atoms with E-state index in [1.807, 2.05) is 49.6 Å². The van der Waals surface area contributed by atoms with E-state index in [1.54, 1.807) is 6.21 Å². The van der Waals surface area contributed by atoms with Gasteiger partial charge in [0.1, 0.15) is 0 Å². The Morgan fingerprint density at radius 2 is 1.59 bits per heavy atom. The molecule has 0 aliphatic rings. The van der Waals surface area contributed by atoms with Crippen LogP contribution >= 0.6 is 15.9 Å². The second-order valence-electron chi connectivity index (χ2n) is 6.73. The number of aryl methyl sites for hydroxylation is 2. The zero-order chi connectivity index (χ0) is 21.3. The largest absolute Gasteiger partial charge is 0.478 e. The number of carbonyl (C=O) groups is 2. The molecular weight excluding hydrogens is 436 g/mol. The van der Waals surface area contributed by atoms with Crippen LogP contribution in [0.1, 0.15) is 43.2 Å². The topological polar surface area (TPSA) is 91.9 Å². The van der Waals surface area contributed by atoms with Crippen molar-refractivity contribution >= 4 is 39.8 Å². The second kappa shape index (κ2) is 8.05. The molecule has 3 aromatic rings. The van der Waals surface area contributed by atoms with Crippen LogP contribution in [0.15, 0.2) is 51.9 Å². The second-order valence-corrected chi connectivity index (χ2v) is 7.59. The van der Waals surface area contributed by atoms with Gasteiger partial charge in [-0.2, -0.15) is 0 Å². The molecule has 1 heterocycles. The molecule has 3 rings (SSSR count). The predicted octanol–water partition coefficient (Wildman–Crippen LogP) is 5.31. The van der Waals surface area contributed by atoms with E-state index >= 15 is 0 Å². The highest BCUT2D eigenvalue weighted by atomic mass is 79.9. The zero-order valence-corrected chi connectivity index (χ0v) is 17.7. The van der Waals surface area contributed by atoms with E-state index in [0.29, 0.717) is 5.69 Å². The minimum Gasteiger partial charge on any atom is -0.478 e. The molecule has 29 heavy (non-hydrogen) atoms. The summed E-state index contributed by atoms with van der Waals surface area (Å²) in [5, 5.41) is 18.7. The maximum atomic E-state index is 11.4. The minimum absolute atomic E-state index is 0.0760. The Labute approximate surface area is 176 Å². The van der Waals surface area contributed by atoms with Crippen LogP contribution in [0.2, 0.25) is 0 Å². The first-order valence-corrected chi connectivity index (χ1v) is 9.58. The maximum absolute atomic E-state index is 11.4. The standard InChI is InChI=1S/C22H19BrN2O4/c1-12-6-18(4-5-20(12)23)24-11-17-7-13(2)25(14(17)3)19-9-15(21(26)27)8-16(10-19)22(28)29/h4-11H,1-3H3,(H,26,27)(H,28,29). The Morgan fingerprint density at radius 1 is 0.966 bits per heavy atom. The number of hydrogen-bond acceptors (Lipinski definition) is 3. The molecule has 0 atom stereocenters. The zero-order valence-electron chi connectivity index (χ0n) is 16.1. The molecule has 148 valence electrons. The van der Waals surface area contributed by atoms with Gasteiger partial charge in [-0.05, 0) is 68.8 Å². The van der Waals surface area contributed by atoms with Gasteiger partial charge >= 0.3 is 11.9 Å². The molecule has 7 heteroatoms. The highest BCUT2D eigenvalue weighted by Gasteiger charge is 2.16. The van der Waals surface area contributed by atoms with Crippen LogP contribution in [-0.4, -0.2) is 32.9 Å². The van der Waals surface area contributed by atoms with E-state index in [-0.39, 0.29) is 11.1 Å². The van der Waals surface area contributed by atoms with Crippen LogP contribution in [0.25, 0.3) is 5.69 Å². The number of aromatic carboxylic acids is 2. The first-order chi connectivity index (χ1) is 13.7. The number of aliphatic imine (C=N–C) groups is 1. The third-order valence-electron chi connectivity index (χ3n) is 4.63. The summed E-state index contributed by atoms with van der Waals surface area (Å²) < 4.78 is 2.84. The Kier molecular flexibility index (Phi) is 5.70. The van der Waals surface area contributed by atoms with Gasteiger partial charge in [-0.1, -0.05) is 15.9 Å². The summed E-state index contributed by atoms with van der Waals surface area (Å²) in [5.74, 6) is -2.35. The van der Waals surface area contributed by atoms with Crippen molar-refractivity contribution in [1.29, 1.82) is 0 Å². The van der Waals surface area contributed by atoms with Crippen LogP contribution in [0.3, 0.4) is 0 Å².